The summed E-state index contributed by atoms with van der Waals surface area (Å²) < 4.78 is 3.68. The third-order valence-electron chi connectivity index (χ3n) is 2.99. The lowest BCUT2D eigenvalue weighted by molar-refractivity contribution is -0.384. The van der Waals surface area contributed by atoms with Gasteiger partial charge in [0, 0.05) is 28.8 Å². The molecule has 0 atom stereocenters. The molecular formula is C14H11ClN2O3S. The molecule has 1 aliphatic rings. The minimum atomic E-state index is -0.463. The number of rotatable bonds is 3. The number of carbonyl (C=O) groups is 1. The molecule has 0 N–H and O–H groups in total. The van der Waals surface area contributed by atoms with Crippen LogP contribution in [0, 0.1) is 10.1 Å². The molecule has 2 rings (SSSR count). The third-order valence-corrected chi connectivity index (χ3v) is 4.38. The van der Waals surface area contributed by atoms with Gasteiger partial charge in [-0.1, -0.05) is 11.8 Å². The smallest absolute Gasteiger partial charge is 0.269 e. The van der Waals surface area contributed by atoms with Crippen molar-refractivity contribution in [1.29, 1.82) is 0 Å². The first kappa shape index (κ1) is 15.5. The predicted molar refractivity (Wildman–Crippen MR) is 83.7 cm³/mol. The molecule has 0 spiro atoms. The molecule has 0 aliphatic heterocycles. The molecule has 0 saturated heterocycles. The van der Waals surface area contributed by atoms with Crippen molar-refractivity contribution in [1.82, 2.24) is 0 Å². The number of nitro benzene ring substituents is 1. The number of non-ortho nitro benzene ring substituents is 1. The van der Waals surface area contributed by atoms with Crippen LogP contribution in [0.1, 0.15) is 13.8 Å². The third kappa shape index (κ3) is 3.22. The van der Waals surface area contributed by atoms with Crippen LogP contribution in [0.25, 0.3) is 0 Å². The zero-order chi connectivity index (χ0) is 15.6. The van der Waals surface area contributed by atoms with Gasteiger partial charge in [0.1, 0.15) is 0 Å². The zero-order valence-electron chi connectivity index (χ0n) is 11.3. The second-order valence-corrected chi connectivity index (χ2v) is 5.68. The van der Waals surface area contributed by atoms with Crippen molar-refractivity contribution in [3.8, 4) is 0 Å². The molecule has 7 heteroatoms. The second-order valence-electron chi connectivity index (χ2n) is 4.43. The van der Waals surface area contributed by atoms with E-state index in [1.807, 2.05) is 0 Å². The van der Waals surface area contributed by atoms with Crippen LogP contribution >= 0.6 is 23.5 Å². The van der Waals surface area contributed by atoms with Crippen molar-refractivity contribution in [3.63, 3.8) is 0 Å². The van der Waals surface area contributed by atoms with Crippen LogP contribution in [0.15, 0.2) is 55.8 Å². The number of nitrogens with zero attached hydrogens (tertiary/aromatic N) is 2. The van der Waals surface area contributed by atoms with E-state index in [9.17, 15) is 14.9 Å². The largest absolute Gasteiger partial charge is 0.289 e. The van der Waals surface area contributed by atoms with Gasteiger partial charge in [-0.2, -0.15) is 4.51 Å². The number of nitro groups is 1. The van der Waals surface area contributed by atoms with Crippen LogP contribution in [0.5, 0.6) is 0 Å². The lowest BCUT2D eigenvalue weighted by Gasteiger charge is -2.16. The summed E-state index contributed by atoms with van der Waals surface area (Å²) >= 11 is 6.80. The first-order chi connectivity index (χ1) is 9.93. The van der Waals surface area contributed by atoms with Crippen molar-refractivity contribution in [3.05, 3.63) is 56.5 Å². The Morgan fingerprint density at radius 2 is 1.86 bits per heavy atom. The summed E-state index contributed by atoms with van der Waals surface area (Å²) in [5, 5.41) is 10.6. The number of benzene rings is 1. The topological polar surface area (TPSA) is 72.6 Å². The standard InChI is InChI=1S/C14H11ClN2O3S/c1-8-7-12(18)14(9(2)13(8)16-15)21-11-5-3-10(4-6-11)17(19)20/h3-7H,1-2H3. The molecule has 0 heterocycles. The minimum Gasteiger partial charge on any atom is -0.289 e. The van der Waals surface area contributed by atoms with E-state index in [-0.39, 0.29) is 11.5 Å². The van der Waals surface area contributed by atoms with E-state index in [1.165, 1.54) is 30.0 Å². The van der Waals surface area contributed by atoms with Crippen LogP contribution in [-0.2, 0) is 4.79 Å². The molecule has 0 fully saturated rings. The van der Waals surface area contributed by atoms with Crippen molar-refractivity contribution < 1.29 is 9.72 Å². The van der Waals surface area contributed by atoms with E-state index in [1.54, 1.807) is 26.0 Å². The summed E-state index contributed by atoms with van der Waals surface area (Å²) in [6.45, 7) is 3.55. The van der Waals surface area contributed by atoms with Crippen LogP contribution < -0.4 is 0 Å². The summed E-state index contributed by atoms with van der Waals surface area (Å²) in [6, 6.07) is 6.03. The number of hydrogen-bond acceptors (Lipinski definition) is 5. The normalized spacial score (nSPS) is 17.2. The van der Waals surface area contributed by atoms with Crippen molar-refractivity contribution in [2.75, 3.05) is 0 Å². The Bertz CT molecular complexity index is 705. The lowest BCUT2D eigenvalue weighted by Crippen LogP contribution is -2.14. The summed E-state index contributed by atoms with van der Waals surface area (Å²) in [7, 11) is 0. The average Bonchev–Trinajstić information content (AvgIpc) is 2.44. The van der Waals surface area contributed by atoms with Crippen LogP contribution in [0.3, 0.4) is 0 Å². The molecule has 21 heavy (non-hydrogen) atoms. The van der Waals surface area contributed by atoms with Gasteiger partial charge in [0.05, 0.1) is 15.5 Å². The molecule has 1 aliphatic carbocycles. The monoisotopic (exact) mass is 322 g/mol. The van der Waals surface area contributed by atoms with Crippen LogP contribution in [0.2, 0.25) is 0 Å². The van der Waals surface area contributed by atoms with Gasteiger partial charge in [0.25, 0.3) is 5.69 Å². The molecule has 0 unspecified atom stereocenters. The fourth-order valence-corrected chi connectivity index (χ4v) is 3.11. The number of carbonyl (C=O) groups excluding carboxylic acids is 1. The zero-order valence-corrected chi connectivity index (χ0v) is 12.9. The number of ketones is 1. The molecular weight excluding hydrogens is 312 g/mol. The summed E-state index contributed by atoms with van der Waals surface area (Å²) in [5.74, 6) is -0.114. The number of halogens is 1. The van der Waals surface area contributed by atoms with Crippen LogP contribution in [-0.4, -0.2) is 16.4 Å². The Hall–Kier alpha value is -1.92. The highest BCUT2D eigenvalue weighted by Gasteiger charge is 2.23. The van der Waals surface area contributed by atoms with Gasteiger partial charge < -0.3 is 0 Å². The predicted octanol–water partition coefficient (Wildman–Crippen LogP) is 4.08. The molecule has 0 saturated carbocycles. The van der Waals surface area contributed by atoms with Gasteiger partial charge >= 0.3 is 0 Å². The molecule has 0 amide bonds. The molecule has 0 aromatic heterocycles. The average molecular weight is 323 g/mol. The molecule has 1 aromatic rings. The molecule has 5 nitrogen and oxygen atoms in total. The first-order valence-electron chi connectivity index (χ1n) is 5.99. The highest BCUT2D eigenvalue weighted by molar-refractivity contribution is 8.04. The van der Waals surface area contributed by atoms with Crippen molar-refractivity contribution in [2.24, 2.45) is 4.51 Å². The fraction of sp³-hybridized carbons (Fsp3) is 0.143. The van der Waals surface area contributed by atoms with Gasteiger partial charge in [-0.3, -0.25) is 14.9 Å². The Balaban J connectivity index is 2.32. The minimum absolute atomic E-state index is 0.0128. The Morgan fingerprint density at radius 3 is 2.38 bits per heavy atom. The SMILES string of the molecule is CC1=CC(=O)C(Sc2ccc([N+](=O)[O-])cc2)=C(C)C1=NCl. The number of thioether (sulfide) groups is 1. The van der Waals surface area contributed by atoms with E-state index in [0.717, 1.165) is 10.5 Å². The first-order valence-corrected chi connectivity index (χ1v) is 7.15. The van der Waals surface area contributed by atoms with Gasteiger partial charge in [-0.15, -0.1) is 0 Å². The molecule has 0 bridgehead atoms. The maximum atomic E-state index is 12.1. The Morgan fingerprint density at radius 1 is 1.24 bits per heavy atom. The highest BCUT2D eigenvalue weighted by atomic mass is 35.5. The lowest BCUT2D eigenvalue weighted by atomic mass is 9.97. The fourth-order valence-electron chi connectivity index (χ4n) is 1.93. The molecule has 108 valence electrons. The maximum absolute atomic E-state index is 12.1. The van der Waals surface area contributed by atoms with E-state index < -0.39 is 4.92 Å². The highest BCUT2D eigenvalue weighted by Crippen LogP contribution is 2.34. The number of hydrogen-bond donors (Lipinski definition) is 0. The summed E-state index contributed by atoms with van der Waals surface area (Å²) in [4.78, 5) is 23.5. The van der Waals surface area contributed by atoms with Gasteiger partial charge in [-0.25, -0.2) is 0 Å². The van der Waals surface area contributed by atoms with Gasteiger partial charge in [0.15, 0.2) is 5.78 Å². The molecule has 1 aromatic carbocycles. The van der Waals surface area contributed by atoms with Gasteiger partial charge in [0.2, 0.25) is 0 Å². The van der Waals surface area contributed by atoms with E-state index in [0.29, 0.717) is 16.2 Å². The van der Waals surface area contributed by atoms with E-state index >= 15 is 0 Å². The summed E-state index contributed by atoms with van der Waals surface area (Å²) in [6.07, 6.45) is 1.49. The van der Waals surface area contributed by atoms with Crippen LogP contribution in [0.4, 0.5) is 5.69 Å². The van der Waals surface area contributed by atoms with Crippen molar-refractivity contribution >= 4 is 40.7 Å². The van der Waals surface area contributed by atoms with Crippen molar-refractivity contribution in [2.45, 2.75) is 18.7 Å². The van der Waals surface area contributed by atoms with Gasteiger partial charge in [-0.05, 0) is 43.2 Å². The maximum Gasteiger partial charge on any atom is 0.269 e. The van der Waals surface area contributed by atoms with E-state index in [2.05, 4.69) is 4.51 Å². The quantitative estimate of drug-likeness (QED) is 0.477. The Kier molecular flexibility index (Phi) is 4.59. The van der Waals surface area contributed by atoms with E-state index in [4.69, 9.17) is 11.8 Å². The second kappa shape index (κ2) is 6.24. The molecule has 0 radical (unpaired) electrons. The summed E-state index contributed by atoms with van der Waals surface area (Å²) in [5.41, 5.74) is 2.03. The Labute approximate surface area is 130 Å². The number of allylic oxidation sites excluding steroid dienone is 4.